The van der Waals surface area contributed by atoms with Crippen LogP contribution in [0.3, 0.4) is 0 Å². The van der Waals surface area contributed by atoms with Gasteiger partial charge in [0.15, 0.2) is 15.3 Å². The molecule has 3 aromatic heterocycles. The Morgan fingerprint density at radius 2 is 1.75 bits per heavy atom. The van der Waals surface area contributed by atoms with E-state index in [4.69, 9.17) is 4.74 Å². The van der Waals surface area contributed by atoms with Crippen LogP contribution < -0.4 is 10.2 Å². The Bertz CT molecular complexity index is 1720. The zero-order valence-corrected chi connectivity index (χ0v) is 20.6. The SMILES string of the molecule is CCn1cc(-c2cc(=O)cc(COc3ccc4ncc(-c5ccc(S(C)(=O)=O)cc5)cc4c3)[nH]2)cn1. The molecule has 2 aromatic carbocycles. The van der Waals surface area contributed by atoms with E-state index < -0.39 is 9.84 Å². The van der Waals surface area contributed by atoms with Gasteiger partial charge in [-0.2, -0.15) is 5.10 Å². The van der Waals surface area contributed by atoms with Crippen molar-refractivity contribution in [2.24, 2.45) is 0 Å². The van der Waals surface area contributed by atoms with E-state index in [1.165, 1.54) is 12.3 Å². The number of nitrogens with zero attached hydrogens (tertiary/aromatic N) is 3. The molecule has 0 unspecified atom stereocenters. The number of sulfone groups is 1. The zero-order valence-electron chi connectivity index (χ0n) is 19.8. The summed E-state index contributed by atoms with van der Waals surface area (Å²) in [6.45, 7) is 2.94. The van der Waals surface area contributed by atoms with Gasteiger partial charge in [0.05, 0.1) is 28.0 Å². The molecule has 0 radical (unpaired) electrons. The van der Waals surface area contributed by atoms with Gasteiger partial charge in [0.1, 0.15) is 12.4 Å². The molecule has 0 saturated carbocycles. The highest BCUT2D eigenvalue weighted by atomic mass is 32.2. The Morgan fingerprint density at radius 3 is 2.47 bits per heavy atom. The third-order valence-electron chi connectivity index (χ3n) is 5.83. The van der Waals surface area contributed by atoms with E-state index in [0.29, 0.717) is 17.1 Å². The van der Waals surface area contributed by atoms with Gasteiger partial charge < -0.3 is 9.72 Å². The molecule has 36 heavy (non-hydrogen) atoms. The standard InChI is InChI=1S/C27H24N4O4S/c1-3-31-16-21(15-29-31)27-13-23(32)12-22(30-27)17-35-24-6-9-26-19(11-24)10-20(14-28-26)18-4-7-25(8-5-18)36(2,33)34/h4-16H,3,17H2,1-2H3,(H,30,32). The number of aryl methyl sites for hydroxylation is 1. The van der Waals surface area contributed by atoms with Crippen molar-refractivity contribution in [3.63, 3.8) is 0 Å². The van der Waals surface area contributed by atoms with E-state index in [9.17, 15) is 13.2 Å². The molecule has 0 aliphatic heterocycles. The van der Waals surface area contributed by atoms with E-state index in [0.717, 1.165) is 34.1 Å². The number of ether oxygens (including phenoxy) is 1. The van der Waals surface area contributed by atoms with Crippen molar-refractivity contribution in [3.05, 3.63) is 95.2 Å². The summed E-state index contributed by atoms with van der Waals surface area (Å²) in [5, 5.41) is 5.15. The molecule has 0 saturated heterocycles. The van der Waals surface area contributed by atoms with Gasteiger partial charge >= 0.3 is 0 Å². The molecule has 5 aromatic rings. The minimum absolute atomic E-state index is 0.110. The van der Waals surface area contributed by atoms with Gasteiger partial charge in [-0.3, -0.25) is 14.5 Å². The lowest BCUT2D eigenvalue weighted by Gasteiger charge is -2.10. The van der Waals surface area contributed by atoms with Crippen LogP contribution in [0.4, 0.5) is 0 Å². The first-order chi connectivity index (χ1) is 17.3. The van der Waals surface area contributed by atoms with E-state index in [-0.39, 0.29) is 16.9 Å². The molecule has 9 heteroatoms. The number of H-pyrrole nitrogens is 1. The molecule has 0 amide bonds. The lowest BCUT2D eigenvalue weighted by atomic mass is 10.1. The predicted molar refractivity (Wildman–Crippen MR) is 139 cm³/mol. The fraction of sp³-hybridized carbons (Fsp3) is 0.148. The lowest BCUT2D eigenvalue weighted by molar-refractivity contribution is 0.302. The molecule has 0 aliphatic rings. The summed E-state index contributed by atoms with van der Waals surface area (Å²) in [4.78, 5) is 20.3. The number of fused-ring (bicyclic) bond motifs is 1. The van der Waals surface area contributed by atoms with E-state index in [1.807, 2.05) is 37.4 Å². The summed E-state index contributed by atoms with van der Waals surface area (Å²) in [6, 6.07) is 17.4. The smallest absolute Gasteiger partial charge is 0.182 e. The molecule has 0 atom stereocenters. The Hall–Kier alpha value is -4.24. The van der Waals surface area contributed by atoms with Crippen LogP contribution in [0.25, 0.3) is 33.3 Å². The number of hydrogen-bond acceptors (Lipinski definition) is 6. The highest BCUT2D eigenvalue weighted by Crippen LogP contribution is 2.27. The summed E-state index contributed by atoms with van der Waals surface area (Å²) >= 11 is 0. The number of pyridine rings is 2. The van der Waals surface area contributed by atoms with Crippen LogP contribution in [-0.4, -0.2) is 34.4 Å². The Labute approximate surface area is 208 Å². The van der Waals surface area contributed by atoms with Gasteiger partial charge in [0.2, 0.25) is 0 Å². The summed E-state index contributed by atoms with van der Waals surface area (Å²) in [5.41, 5.74) is 4.61. The predicted octanol–water partition coefficient (Wildman–Crippen LogP) is 4.46. The second-order valence-corrected chi connectivity index (χ2v) is 10.5. The second-order valence-electron chi connectivity index (χ2n) is 8.50. The van der Waals surface area contributed by atoms with Crippen LogP contribution in [0, 0.1) is 0 Å². The molecule has 0 aliphatic carbocycles. The van der Waals surface area contributed by atoms with Crippen LogP contribution >= 0.6 is 0 Å². The topological polar surface area (TPSA) is 107 Å². The van der Waals surface area contributed by atoms with Gasteiger partial charge in [0.25, 0.3) is 0 Å². The molecule has 8 nitrogen and oxygen atoms in total. The molecule has 5 rings (SSSR count). The molecular formula is C27H24N4O4S. The third-order valence-corrected chi connectivity index (χ3v) is 6.96. The van der Waals surface area contributed by atoms with Gasteiger partial charge in [0, 0.05) is 53.8 Å². The van der Waals surface area contributed by atoms with Gasteiger partial charge in [-0.15, -0.1) is 0 Å². The maximum atomic E-state index is 12.3. The monoisotopic (exact) mass is 500 g/mol. The molecule has 1 N–H and O–H groups in total. The highest BCUT2D eigenvalue weighted by Gasteiger charge is 2.09. The fourth-order valence-corrected chi connectivity index (χ4v) is 4.55. The third kappa shape index (κ3) is 5.06. The van der Waals surface area contributed by atoms with Crippen LogP contribution in [0.2, 0.25) is 0 Å². The largest absolute Gasteiger partial charge is 0.487 e. The first-order valence-electron chi connectivity index (χ1n) is 11.4. The summed E-state index contributed by atoms with van der Waals surface area (Å²) in [7, 11) is -3.25. The van der Waals surface area contributed by atoms with Crippen LogP contribution in [0.15, 0.2) is 88.9 Å². The quantitative estimate of drug-likeness (QED) is 0.354. The van der Waals surface area contributed by atoms with Crippen LogP contribution in [-0.2, 0) is 23.0 Å². The lowest BCUT2D eigenvalue weighted by Crippen LogP contribution is -2.07. The van der Waals surface area contributed by atoms with Gasteiger partial charge in [-0.1, -0.05) is 12.1 Å². The summed E-state index contributed by atoms with van der Waals surface area (Å²) < 4.78 is 31.2. The van der Waals surface area contributed by atoms with E-state index in [1.54, 1.807) is 47.4 Å². The highest BCUT2D eigenvalue weighted by molar-refractivity contribution is 7.90. The number of nitrogens with one attached hydrogen (secondary N) is 1. The summed E-state index contributed by atoms with van der Waals surface area (Å²) in [5.74, 6) is 0.638. The normalized spacial score (nSPS) is 11.6. The zero-order chi connectivity index (χ0) is 25.3. The van der Waals surface area contributed by atoms with Crippen molar-refractivity contribution in [1.29, 1.82) is 0 Å². The van der Waals surface area contributed by atoms with Crippen LogP contribution in [0.5, 0.6) is 5.75 Å². The van der Waals surface area contributed by atoms with Gasteiger partial charge in [-0.25, -0.2) is 8.42 Å². The fourth-order valence-electron chi connectivity index (χ4n) is 3.92. The number of aromatic amines is 1. The Balaban J connectivity index is 1.37. The molecule has 182 valence electrons. The minimum Gasteiger partial charge on any atom is -0.487 e. The number of aromatic nitrogens is 4. The molecule has 3 heterocycles. The van der Waals surface area contributed by atoms with Crippen molar-refractivity contribution in [2.45, 2.75) is 25.0 Å². The van der Waals surface area contributed by atoms with Crippen molar-refractivity contribution >= 4 is 20.7 Å². The molecule has 0 bridgehead atoms. The van der Waals surface area contributed by atoms with Crippen molar-refractivity contribution in [1.82, 2.24) is 19.7 Å². The van der Waals surface area contributed by atoms with E-state index in [2.05, 4.69) is 15.1 Å². The Kier molecular flexibility index (Phi) is 6.15. The first-order valence-corrected chi connectivity index (χ1v) is 13.3. The first kappa shape index (κ1) is 23.5. The number of rotatable bonds is 7. The van der Waals surface area contributed by atoms with Crippen molar-refractivity contribution in [2.75, 3.05) is 6.26 Å². The van der Waals surface area contributed by atoms with Gasteiger partial charge in [-0.05, 0) is 48.9 Å². The second kappa shape index (κ2) is 9.43. The Morgan fingerprint density at radius 1 is 0.944 bits per heavy atom. The average Bonchev–Trinajstić information content (AvgIpc) is 3.36. The minimum atomic E-state index is -3.25. The van der Waals surface area contributed by atoms with Crippen LogP contribution in [0.1, 0.15) is 12.6 Å². The molecular weight excluding hydrogens is 476 g/mol. The van der Waals surface area contributed by atoms with E-state index >= 15 is 0 Å². The maximum Gasteiger partial charge on any atom is 0.182 e. The van der Waals surface area contributed by atoms with Crippen molar-refractivity contribution in [3.8, 4) is 28.1 Å². The average molecular weight is 501 g/mol. The van der Waals surface area contributed by atoms with Crippen molar-refractivity contribution < 1.29 is 13.2 Å². The molecule has 0 spiro atoms. The maximum absolute atomic E-state index is 12.3. The summed E-state index contributed by atoms with van der Waals surface area (Å²) in [6.07, 6.45) is 6.56. The number of benzene rings is 2. The number of hydrogen-bond donors (Lipinski definition) is 1. The molecule has 0 fully saturated rings.